The van der Waals surface area contributed by atoms with E-state index in [1.807, 2.05) is 0 Å². The van der Waals surface area contributed by atoms with Gasteiger partial charge in [-0.3, -0.25) is 0 Å². The van der Waals surface area contributed by atoms with Crippen LogP contribution in [0.4, 0.5) is 0 Å². The van der Waals surface area contributed by atoms with Crippen molar-refractivity contribution in [1.29, 1.82) is 0 Å². The second-order valence-corrected chi connectivity index (χ2v) is 6.39. The maximum atomic E-state index is 3.52. The van der Waals surface area contributed by atoms with Crippen molar-refractivity contribution < 1.29 is 0 Å². The summed E-state index contributed by atoms with van der Waals surface area (Å²) >= 11 is 2.08. The minimum absolute atomic E-state index is 0.236. The highest BCUT2D eigenvalue weighted by atomic mass is 32.2. The summed E-state index contributed by atoms with van der Waals surface area (Å²) in [4.78, 5) is 0. The molecule has 1 fully saturated rings. The number of nitrogens with one attached hydrogen (secondary N) is 1. The number of hydrogen-bond acceptors (Lipinski definition) is 2. The molecule has 1 atom stereocenters. The number of hydrogen-bond donors (Lipinski definition) is 1. The maximum absolute atomic E-state index is 3.52. The molecule has 0 aliphatic carbocycles. The molecule has 1 aliphatic rings. The highest BCUT2D eigenvalue weighted by molar-refractivity contribution is 7.99. The Kier molecular flexibility index (Phi) is 4.52. The van der Waals surface area contributed by atoms with Gasteiger partial charge in [0.15, 0.2) is 0 Å². The lowest BCUT2D eigenvalue weighted by Crippen LogP contribution is -2.36. The van der Waals surface area contributed by atoms with Crippen molar-refractivity contribution in [3.8, 4) is 0 Å². The predicted octanol–water partition coefficient (Wildman–Crippen LogP) is 3.07. The first-order chi connectivity index (χ1) is 6.47. The lowest BCUT2D eigenvalue weighted by atomic mass is 10.0. The van der Waals surface area contributed by atoms with Gasteiger partial charge in [0.05, 0.1) is 0 Å². The van der Waals surface area contributed by atoms with Crippen molar-refractivity contribution in [2.45, 2.75) is 39.7 Å². The molecule has 0 spiro atoms. The van der Waals surface area contributed by atoms with E-state index in [2.05, 4.69) is 50.8 Å². The average molecular weight is 213 g/mol. The molecule has 0 aromatic carbocycles. The van der Waals surface area contributed by atoms with Crippen molar-refractivity contribution in [1.82, 2.24) is 5.32 Å². The Labute approximate surface area is 92.7 Å². The largest absolute Gasteiger partial charge is 0.308 e. The zero-order valence-electron chi connectivity index (χ0n) is 9.89. The summed E-state index contributed by atoms with van der Waals surface area (Å²) in [6, 6.07) is 0. The highest BCUT2D eigenvalue weighted by Crippen LogP contribution is 2.25. The number of rotatable bonds is 3. The molecule has 1 saturated heterocycles. The van der Waals surface area contributed by atoms with Gasteiger partial charge in [0.25, 0.3) is 0 Å². The molecule has 82 valence electrons. The lowest BCUT2D eigenvalue weighted by molar-refractivity contribution is 0.443. The van der Waals surface area contributed by atoms with Gasteiger partial charge in [-0.05, 0) is 51.5 Å². The summed E-state index contributed by atoms with van der Waals surface area (Å²) in [5.74, 6) is 3.51. The minimum Gasteiger partial charge on any atom is -0.308 e. The van der Waals surface area contributed by atoms with Gasteiger partial charge in [-0.1, -0.05) is 11.6 Å². The van der Waals surface area contributed by atoms with E-state index in [9.17, 15) is 0 Å². The molecule has 1 unspecified atom stereocenters. The SMILES string of the molecule is CC(=CC1CCSC1)CNC(C)(C)C. The van der Waals surface area contributed by atoms with Crippen LogP contribution in [0.25, 0.3) is 0 Å². The molecular weight excluding hydrogens is 190 g/mol. The van der Waals surface area contributed by atoms with E-state index < -0.39 is 0 Å². The van der Waals surface area contributed by atoms with Gasteiger partial charge in [0.1, 0.15) is 0 Å². The molecule has 0 amide bonds. The summed E-state index contributed by atoms with van der Waals surface area (Å²) in [5.41, 5.74) is 1.73. The summed E-state index contributed by atoms with van der Waals surface area (Å²) < 4.78 is 0. The van der Waals surface area contributed by atoms with Crippen LogP contribution in [0, 0.1) is 5.92 Å². The van der Waals surface area contributed by atoms with Crippen LogP contribution in [0.5, 0.6) is 0 Å². The third kappa shape index (κ3) is 5.06. The second-order valence-electron chi connectivity index (χ2n) is 5.24. The third-order valence-corrected chi connectivity index (χ3v) is 3.57. The molecule has 14 heavy (non-hydrogen) atoms. The number of thioether (sulfide) groups is 1. The summed E-state index contributed by atoms with van der Waals surface area (Å²) in [7, 11) is 0. The van der Waals surface area contributed by atoms with E-state index in [0.717, 1.165) is 12.5 Å². The molecular formula is C12H23NS. The van der Waals surface area contributed by atoms with Gasteiger partial charge in [-0.15, -0.1) is 0 Å². The standard InChI is InChI=1S/C12H23NS/c1-10(8-13-12(2,3)4)7-11-5-6-14-9-11/h7,11,13H,5-6,8-9H2,1-4H3. The minimum atomic E-state index is 0.236. The van der Waals surface area contributed by atoms with E-state index in [-0.39, 0.29) is 5.54 Å². The zero-order valence-corrected chi connectivity index (χ0v) is 10.7. The second kappa shape index (κ2) is 5.22. The molecule has 2 heteroatoms. The first-order valence-corrected chi connectivity index (χ1v) is 6.63. The van der Waals surface area contributed by atoms with E-state index in [1.54, 1.807) is 0 Å². The fourth-order valence-corrected chi connectivity index (χ4v) is 2.75. The molecule has 0 bridgehead atoms. The van der Waals surface area contributed by atoms with Gasteiger partial charge in [-0.2, -0.15) is 11.8 Å². The Morgan fingerprint density at radius 2 is 2.21 bits per heavy atom. The molecule has 0 saturated carbocycles. The quantitative estimate of drug-likeness (QED) is 0.723. The van der Waals surface area contributed by atoms with Crippen LogP contribution in [-0.2, 0) is 0 Å². The molecule has 1 aliphatic heterocycles. The fourth-order valence-electron chi connectivity index (χ4n) is 1.55. The van der Waals surface area contributed by atoms with E-state index in [1.165, 1.54) is 23.5 Å². The van der Waals surface area contributed by atoms with Crippen LogP contribution in [0.15, 0.2) is 11.6 Å². The molecule has 0 aromatic rings. The first kappa shape index (κ1) is 12.1. The summed E-state index contributed by atoms with van der Waals surface area (Å²) in [5, 5.41) is 3.52. The zero-order chi connectivity index (χ0) is 10.6. The van der Waals surface area contributed by atoms with Crippen LogP contribution in [0.1, 0.15) is 34.1 Å². The Hall–Kier alpha value is 0.0500. The van der Waals surface area contributed by atoms with Crippen molar-refractivity contribution >= 4 is 11.8 Å². The van der Waals surface area contributed by atoms with Gasteiger partial charge in [0, 0.05) is 12.1 Å². The highest BCUT2D eigenvalue weighted by Gasteiger charge is 2.13. The Balaban J connectivity index is 2.29. The molecule has 1 heterocycles. The van der Waals surface area contributed by atoms with Gasteiger partial charge < -0.3 is 5.32 Å². The van der Waals surface area contributed by atoms with E-state index >= 15 is 0 Å². The fraction of sp³-hybridized carbons (Fsp3) is 0.833. The van der Waals surface area contributed by atoms with Crippen LogP contribution in [0.2, 0.25) is 0 Å². The number of allylic oxidation sites excluding steroid dienone is 1. The normalized spacial score (nSPS) is 24.3. The molecule has 1 nitrogen and oxygen atoms in total. The van der Waals surface area contributed by atoms with Crippen molar-refractivity contribution in [2.24, 2.45) is 5.92 Å². The molecule has 0 radical (unpaired) electrons. The van der Waals surface area contributed by atoms with Gasteiger partial charge in [0.2, 0.25) is 0 Å². The van der Waals surface area contributed by atoms with Crippen LogP contribution in [-0.4, -0.2) is 23.6 Å². The molecule has 1 rings (SSSR count). The Bertz CT molecular complexity index is 197. The molecule has 1 N–H and O–H groups in total. The van der Waals surface area contributed by atoms with Crippen molar-refractivity contribution in [3.63, 3.8) is 0 Å². The molecule has 0 aromatic heterocycles. The Morgan fingerprint density at radius 3 is 2.71 bits per heavy atom. The average Bonchev–Trinajstić information content (AvgIpc) is 2.52. The van der Waals surface area contributed by atoms with Crippen LogP contribution in [0.3, 0.4) is 0 Å². The lowest BCUT2D eigenvalue weighted by Gasteiger charge is -2.21. The van der Waals surface area contributed by atoms with Gasteiger partial charge in [-0.25, -0.2) is 0 Å². The van der Waals surface area contributed by atoms with Crippen molar-refractivity contribution in [3.05, 3.63) is 11.6 Å². The summed E-state index contributed by atoms with van der Waals surface area (Å²) in [6.07, 6.45) is 3.83. The topological polar surface area (TPSA) is 12.0 Å². The van der Waals surface area contributed by atoms with E-state index in [0.29, 0.717) is 0 Å². The monoisotopic (exact) mass is 213 g/mol. The first-order valence-electron chi connectivity index (χ1n) is 5.47. The smallest absolute Gasteiger partial charge is 0.0166 e. The van der Waals surface area contributed by atoms with E-state index in [4.69, 9.17) is 0 Å². The third-order valence-electron chi connectivity index (χ3n) is 2.38. The maximum Gasteiger partial charge on any atom is 0.0166 e. The van der Waals surface area contributed by atoms with Gasteiger partial charge >= 0.3 is 0 Å². The van der Waals surface area contributed by atoms with Crippen LogP contribution >= 0.6 is 11.8 Å². The van der Waals surface area contributed by atoms with Crippen LogP contribution < -0.4 is 5.32 Å². The summed E-state index contributed by atoms with van der Waals surface area (Å²) in [6.45, 7) is 9.91. The predicted molar refractivity (Wildman–Crippen MR) is 66.9 cm³/mol. The Morgan fingerprint density at radius 1 is 1.50 bits per heavy atom. The van der Waals surface area contributed by atoms with Crippen molar-refractivity contribution in [2.75, 3.05) is 18.1 Å².